The highest BCUT2D eigenvalue weighted by atomic mass is 32.1. The van der Waals surface area contributed by atoms with Crippen molar-refractivity contribution >= 4 is 60.5 Å². The average molecular weight is 663 g/mol. The van der Waals surface area contributed by atoms with Gasteiger partial charge in [0.25, 0.3) is 5.69 Å². The molecule has 0 radical (unpaired) electrons. The second-order valence-electron chi connectivity index (χ2n) is 10.5. The minimum atomic E-state index is -1.24. The van der Waals surface area contributed by atoms with Gasteiger partial charge in [0.15, 0.2) is 0 Å². The van der Waals surface area contributed by atoms with Gasteiger partial charge in [0.05, 0.1) is 11.5 Å². The normalized spacial score (nSPS) is 13.4. The lowest BCUT2D eigenvalue weighted by atomic mass is 9.89. The first kappa shape index (κ1) is 36.9. The van der Waals surface area contributed by atoms with Crippen molar-refractivity contribution in [2.75, 3.05) is 18.1 Å². The second kappa shape index (κ2) is 17.2. The molecule has 4 atom stereocenters. The van der Waals surface area contributed by atoms with Crippen LogP contribution in [0.2, 0.25) is 0 Å². The molecule has 2 aromatic carbocycles. The number of phenolic OH excluding ortho intramolecular Hbond substituents is 1. The van der Waals surface area contributed by atoms with E-state index in [2.05, 4.69) is 46.5 Å². The molecule has 244 valence electrons. The molecule has 0 aliphatic heterocycles. The van der Waals surface area contributed by atoms with Gasteiger partial charge in [-0.05, 0) is 54.2 Å². The highest BCUT2D eigenvalue weighted by molar-refractivity contribution is 7.80. The minimum absolute atomic E-state index is 0.0581. The van der Waals surface area contributed by atoms with Crippen LogP contribution in [0.4, 0.5) is 5.69 Å². The van der Waals surface area contributed by atoms with Crippen LogP contribution in [0.3, 0.4) is 0 Å². The number of nitrogens with one attached hydrogen (secondary N) is 4. The number of thiol groups is 2. The Labute approximate surface area is 271 Å². The minimum Gasteiger partial charge on any atom is -0.508 e. The van der Waals surface area contributed by atoms with Crippen LogP contribution in [0.15, 0.2) is 36.4 Å². The Morgan fingerprint density at radius 2 is 1.44 bits per heavy atom. The summed E-state index contributed by atoms with van der Waals surface area (Å²) < 4.78 is 0. The topological polar surface area (TPSA) is 223 Å². The van der Waals surface area contributed by atoms with Crippen molar-refractivity contribution in [3.8, 4) is 5.75 Å². The van der Waals surface area contributed by atoms with Crippen molar-refractivity contribution < 1.29 is 34.0 Å². The number of carbonyl (C=O) groups is 5. The number of benzene rings is 2. The van der Waals surface area contributed by atoms with E-state index in [-0.39, 0.29) is 41.7 Å². The monoisotopic (exact) mass is 662 g/mol. The maximum atomic E-state index is 13.0. The van der Waals surface area contributed by atoms with Crippen molar-refractivity contribution in [3.05, 3.63) is 68.8 Å². The van der Waals surface area contributed by atoms with E-state index in [0.717, 1.165) is 16.7 Å². The average Bonchev–Trinajstić information content (AvgIpc) is 2.96. The third kappa shape index (κ3) is 11.3. The Balaban J connectivity index is 2.03. The van der Waals surface area contributed by atoms with Crippen LogP contribution in [-0.2, 0) is 30.4 Å². The molecule has 0 bridgehead atoms. The molecule has 2 aromatic rings. The Hall–Kier alpha value is -4.31. The smallest absolute Gasteiger partial charge is 0.269 e. The molecular formula is C29H38N6O8S2. The number of aryl methyl sites for hydroxylation is 2. The summed E-state index contributed by atoms with van der Waals surface area (Å²) in [4.78, 5) is 73.3. The number of nitrogens with zero attached hydrogens (tertiary/aromatic N) is 1. The fraction of sp³-hybridized carbons (Fsp3) is 0.414. The molecule has 7 N–H and O–H groups in total. The van der Waals surface area contributed by atoms with Crippen LogP contribution in [0.25, 0.3) is 0 Å². The molecule has 45 heavy (non-hydrogen) atoms. The maximum absolute atomic E-state index is 13.0. The van der Waals surface area contributed by atoms with Gasteiger partial charge in [0.2, 0.25) is 29.5 Å². The molecule has 0 spiro atoms. The summed E-state index contributed by atoms with van der Waals surface area (Å²) >= 11 is 8.15. The summed E-state index contributed by atoms with van der Waals surface area (Å²) in [7, 11) is 0. The Morgan fingerprint density at radius 3 is 1.96 bits per heavy atom. The zero-order chi connectivity index (χ0) is 33.8. The van der Waals surface area contributed by atoms with E-state index in [4.69, 9.17) is 5.73 Å². The van der Waals surface area contributed by atoms with Crippen LogP contribution in [0, 0.1) is 24.0 Å². The molecule has 0 heterocycles. The molecule has 0 fully saturated rings. The number of primary amides is 1. The van der Waals surface area contributed by atoms with Gasteiger partial charge in [-0.25, -0.2) is 0 Å². The lowest BCUT2D eigenvalue weighted by molar-refractivity contribution is -0.384. The highest BCUT2D eigenvalue weighted by Crippen LogP contribution is 2.29. The predicted molar refractivity (Wildman–Crippen MR) is 173 cm³/mol. The van der Waals surface area contributed by atoms with E-state index in [9.17, 15) is 39.2 Å². The van der Waals surface area contributed by atoms with Gasteiger partial charge in [-0.15, -0.1) is 0 Å². The van der Waals surface area contributed by atoms with Crippen LogP contribution >= 0.6 is 25.3 Å². The summed E-state index contributed by atoms with van der Waals surface area (Å²) in [5, 5.41) is 30.7. The second-order valence-corrected chi connectivity index (χ2v) is 11.2. The molecule has 0 aliphatic carbocycles. The number of carbonyl (C=O) groups excluding carboxylic acids is 5. The third-order valence-electron chi connectivity index (χ3n) is 6.90. The fourth-order valence-corrected chi connectivity index (χ4v) is 5.30. The van der Waals surface area contributed by atoms with Crippen molar-refractivity contribution in [1.82, 2.24) is 21.3 Å². The first-order valence-corrected chi connectivity index (χ1v) is 15.1. The first-order chi connectivity index (χ1) is 21.2. The summed E-state index contributed by atoms with van der Waals surface area (Å²) in [6.07, 6.45) is -0.0441. The molecule has 14 nitrogen and oxygen atoms in total. The third-order valence-corrected chi connectivity index (χ3v) is 7.63. The lowest BCUT2D eigenvalue weighted by Crippen LogP contribution is -2.56. The number of nitrogens with two attached hydrogens (primary N) is 1. The van der Waals surface area contributed by atoms with Crippen LogP contribution in [0.1, 0.15) is 41.5 Å². The number of rotatable bonds is 16. The van der Waals surface area contributed by atoms with E-state index in [0.29, 0.717) is 5.56 Å². The van der Waals surface area contributed by atoms with Gasteiger partial charge in [0, 0.05) is 36.5 Å². The Morgan fingerprint density at radius 1 is 0.889 bits per heavy atom. The number of phenols is 1. The van der Waals surface area contributed by atoms with E-state index >= 15 is 0 Å². The summed E-state index contributed by atoms with van der Waals surface area (Å²) in [5.41, 5.74) is 8.16. The summed E-state index contributed by atoms with van der Waals surface area (Å²) in [5.74, 6) is -3.70. The molecule has 0 aliphatic rings. The van der Waals surface area contributed by atoms with Gasteiger partial charge in [-0.3, -0.25) is 34.1 Å². The number of nitro groups is 1. The van der Waals surface area contributed by atoms with Crippen LogP contribution in [-0.4, -0.2) is 75.7 Å². The van der Waals surface area contributed by atoms with E-state index < -0.39 is 59.1 Å². The van der Waals surface area contributed by atoms with E-state index in [1.54, 1.807) is 12.1 Å². The van der Waals surface area contributed by atoms with Crippen molar-refractivity contribution in [2.45, 2.75) is 57.7 Å². The van der Waals surface area contributed by atoms with Gasteiger partial charge in [-0.2, -0.15) is 25.3 Å². The van der Waals surface area contributed by atoms with Gasteiger partial charge < -0.3 is 32.1 Å². The fourth-order valence-electron chi connectivity index (χ4n) is 4.77. The van der Waals surface area contributed by atoms with Gasteiger partial charge >= 0.3 is 0 Å². The number of nitro benzene ring substituents is 1. The number of amides is 5. The molecule has 5 amide bonds. The molecule has 2 rings (SSSR count). The highest BCUT2D eigenvalue weighted by Gasteiger charge is 2.27. The zero-order valence-electron chi connectivity index (χ0n) is 25.0. The Kier molecular flexibility index (Phi) is 14.1. The zero-order valence-corrected chi connectivity index (χ0v) is 26.8. The summed E-state index contributed by atoms with van der Waals surface area (Å²) in [6.45, 7) is 4.97. The lowest BCUT2D eigenvalue weighted by Gasteiger charge is -2.22. The number of non-ortho nitro benzene ring substituents is 1. The van der Waals surface area contributed by atoms with Crippen molar-refractivity contribution in [2.24, 2.45) is 5.73 Å². The van der Waals surface area contributed by atoms with E-state index in [1.807, 2.05) is 20.8 Å². The largest absolute Gasteiger partial charge is 0.508 e. The SMILES string of the molecule is Cc1cc(O)cc(C)c1[C@H](C)CC(=O)N[C@H](CS)C(=O)NCC(=O)N[C@@H](Cc1ccc([N+](=O)[O-])cc1)C(=O)N[C@H](CS)C(N)=O. The van der Waals surface area contributed by atoms with E-state index in [1.165, 1.54) is 24.3 Å². The maximum Gasteiger partial charge on any atom is 0.269 e. The van der Waals surface area contributed by atoms with Crippen molar-refractivity contribution in [1.29, 1.82) is 0 Å². The van der Waals surface area contributed by atoms with Crippen molar-refractivity contribution in [3.63, 3.8) is 0 Å². The molecule has 16 heteroatoms. The standard InChI is InChI=1S/C29H38N6O8S2/c1-15-8-20(36)9-16(2)26(15)17(3)10-24(37)33-23(14-45)28(40)31-12-25(38)32-21(29(41)34-22(13-44)27(30)39)11-18-4-6-19(7-5-18)35(42)43/h4-9,17,21-23,36,44-45H,10-14H2,1-3H3,(H2,30,39)(H,31,40)(H,32,38)(H,33,37)(H,34,41)/t17-,21+,22-,23-/m1/s1. The van der Waals surface area contributed by atoms with Gasteiger partial charge in [0.1, 0.15) is 23.9 Å². The van der Waals surface area contributed by atoms with Gasteiger partial charge in [-0.1, -0.05) is 19.1 Å². The molecule has 0 saturated carbocycles. The number of hydrogen-bond donors (Lipinski definition) is 8. The first-order valence-electron chi connectivity index (χ1n) is 13.9. The van der Waals surface area contributed by atoms with Crippen LogP contribution < -0.4 is 27.0 Å². The number of aromatic hydroxyl groups is 1. The molecular weight excluding hydrogens is 624 g/mol. The molecule has 0 saturated heterocycles. The molecule has 0 unspecified atom stereocenters. The summed E-state index contributed by atoms with van der Waals surface area (Å²) in [6, 6.07) is 5.12. The quantitative estimate of drug-likeness (QED) is 0.0719. The number of hydrogen-bond acceptors (Lipinski definition) is 10. The molecule has 0 aromatic heterocycles. The Bertz CT molecular complexity index is 1400. The predicted octanol–water partition coefficient (Wildman–Crippen LogP) is 0.569. The van der Waals surface area contributed by atoms with Crippen LogP contribution in [0.5, 0.6) is 5.75 Å².